The minimum atomic E-state index is -0.144. The van der Waals surface area contributed by atoms with Gasteiger partial charge in [0, 0.05) is 31.2 Å². The van der Waals surface area contributed by atoms with Crippen molar-refractivity contribution in [3.63, 3.8) is 0 Å². The van der Waals surface area contributed by atoms with Gasteiger partial charge in [-0.3, -0.25) is 14.3 Å². The molecule has 136 valence electrons. The van der Waals surface area contributed by atoms with Gasteiger partial charge in [-0.2, -0.15) is 5.10 Å². The molecule has 0 unspecified atom stereocenters. The van der Waals surface area contributed by atoms with E-state index in [1.807, 2.05) is 21.4 Å². The van der Waals surface area contributed by atoms with E-state index in [-0.39, 0.29) is 23.8 Å². The highest BCUT2D eigenvalue weighted by Gasteiger charge is 2.43. The van der Waals surface area contributed by atoms with Crippen molar-refractivity contribution >= 4 is 11.8 Å². The van der Waals surface area contributed by atoms with Crippen LogP contribution in [0.2, 0.25) is 0 Å². The highest BCUT2D eigenvalue weighted by molar-refractivity contribution is 5.89. The van der Waals surface area contributed by atoms with Crippen molar-refractivity contribution in [3.05, 3.63) is 17.5 Å². The molecular formula is C19H28N4O2. The lowest BCUT2D eigenvalue weighted by atomic mass is 9.98. The summed E-state index contributed by atoms with van der Waals surface area (Å²) < 4.78 is 2.03. The summed E-state index contributed by atoms with van der Waals surface area (Å²) in [5.74, 6) is 0.213. The summed E-state index contributed by atoms with van der Waals surface area (Å²) in [5.41, 5.74) is 2.17. The third kappa shape index (κ3) is 3.31. The topological polar surface area (TPSA) is 58.4 Å². The average molecular weight is 344 g/mol. The molecule has 25 heavy (non-hydrogen) atoms. The van der Waals surface area contributed by atoms with Gasteiger partial charge in [-0.1, -0.05) is 0 Å². The van der Waals surface area contributed by atoms with E-state index >= 15 is 0 Å². The van der Waals surface area contributed by atoms with Gasteiger partial charge in [0.25, 0.3) is 0 Å². The summed E-state index contributed by atoms with van der Waals surface area (Å²) in [4.78, 5) is 29.4. The molecule has 0 bridgehead atoms. The van der Waals surface area contributed by atoms with Gasteiger partial charge in [0.15, 0.2) is 0 Å². The number of piperidine rings is 1. The molecule has 1 aromatic rings. The van der Waals surface area contributed by atoms with Gasteiger partial charge in [-0.15, -0.1) is 0 Å². The number of carbonyl (C=O) groups excluding carboxylic acids is 2. The van der Waals surface area contributed by atoms with Gasteiger partial charge < -0.3 is 9.80 Å². The van der Waals surface area contributed by atoms with Crippen LogP contribution < -0.4 is 0 Å². The summed E-state index contributed by atoms with van der Waals surface area (Å²) in [6.07, 6.45) is 5.86. The molecule has 2 aliphatic heterocycles. The zero-order valence-corrected chi connectivity index (χ0v) is 15.3. The SMILES string of the molecule is Cc1cc(C)n(C[C@H]2CCCCN2C(=O)[C@@H]2CC(=O)N(C3CC3)C2)n1. The minimum absolute atomic E-state index is 0.144. The Morgan fingerprint density at radius 2 is 2.04 bits per heavy atom. The first-order valence-corrected chi connectivity index (χ1v) is 9.64. The lowest BCUT2D eigenvalue weighted by Gasteiger charge is -2.37. The second-order valence-corrected chi connectivity index (χ2v) is 7.97. The van der Waals surface area contributed by atoms with Gasteiger partial charge in [0.05, 0.1) is 24.2 Å². The zero-order chi connectivity index (χ0) is 17.6. The van der Waals surface area contributed by atoms with Crippen molar-refractivity contribution < 1.29 is 9.59 Å². The number of aryl methyl sites for hydroxylation is 2. The fraction of sp³-hybridized carbons (Fsp3) is 0.737. The average Bonchev–Trinajstić information content (AvgIpc) is 3.28. The second-order valence-electron chi connectivity index (χ2n) is 7.97. The molecular weight excluding hydrogens is 316 g/mol. The standard InChI is InChI=1S/C19H28N4O2/c1-13-9-14(2)23(20-13)12-17-5-3-4-8-21(17)19(25)15-10-18(24)22(11-15)16-6-7-16/h9,15-17H,3-8,10-12H2,1-2H3/t15-,17-/m1/s1. The molecule has 0 aromatic carbocycles. The maximum atomic E-state index is 13.1. The number of rotatable bonds is 4. The Bertz CT molecular complexity index is 679. The Labute approximate surface area is 149 Å². The monoisotopic (exact) mass is 344 g/mol. The van der Waals surface area contributed by atoms with Crippen molar-refractivity contribution in [2.24, 2.45) is 5.92 Å². The fourth-order valence-electron chi connectivity index (χ4n) is 4.41. The van der Waals surface area contributed by atoms with Crippen LogP contribution in [0, 0.1) is 19.8 Å². The van der Waals surface area contributed by atoms with E-state index in [1.54, 1.807) is 0 Å². The zero-order valence-electron chi connectivity index (χ0n) is 15.3. The Kier molecular flexibility index (Phi) is 4.29. The molecule has 1 aromatic heterocycles. The van der Waals surface area contributed by atoms with Crippen molar-refractivity contribution in [3.8, 4) is 0 Å². The van der Waals surface area contributed by atoms with Crippen LogP contribution in [0.1, 0.15) is 49.9 Å². The van der Waals surface area contributed by atoms with E-state index < -0.39 is 0 Å². The largest absolute Gasteiger partial charge is 0.339 e. The lowest BCUT2D eigenvalue weighted by Crippen LogP contribution is -2.48. The molecule has 3 fully saturated rings. The summed E-state index contributed by atoms with van der Waals surface area (Å²) in [6.45, 7) is 6.28. The summed E-state index contributed by atoms with van der Waals surface area (Å²) >= 11 is 0. The molecule has 3 heterocycles. The van der Waals surface area contributed by atoms with Crippen molar-refractivity contribution in [1.82, 2.24) is 19.6 Å². The number of nitrogens with zero attached hydrogens (tertiary/aromatic N) is 4. The number of carbonyl (C=O) groups is 2. The molecule has 1 saturated carbocycles. The number of likely N-dealkylation sites (tertiary alicyclic amines) is 2. The van der Waals surface area contributed by atoms with Crippen LogP contribution in [-0.2, 0) is 16.1 Å². The molecule has 1 aliphatic carbocycles. The van der Waals surface area contributed by atoms with Gasteiger partial charge >= 0.3 is 0 Å². The summed E-state index contributed by atoms with van der Waals surface area (Å²) in [5, 5.41) is 4.57. The molecule has 2 atom stereocenters. The van der Waals surface area contributed by atoms with Crippen LogP contribution in [0.15, 0.2) is 6.07 Å². The second kappa shape index (κ2) is 6.46. The van der Waals surface area contributed by atoms with Crippen LogP contribution in [0.4, 0.5) is 0 Å². The normalized spacial score (nSPS) is 27.2. The molecule has 3 aliphatic rings. The highest BCUT2D eigenvalue weighted by Crippen LogP contribution is 2.34. The van der Waals surface area contributed by atoms with Crippen molar-refractivity contribution in [2.45, 2.75) is 71.0 Å². The highest BCUT2D eigenvalue weighted by atomic mass is 16.2. The van der Waals surface area contributed by atoms with E-state index in [9.17, 15) is 9.59 Å². The number of hydrogen-bond acceptors (Lipinski definition) is 3. The molecule has 6 nitrogen and oxygen atoms in total. The lowest BCUT2D eigenvalue weighted by molar-refractivity contribution is -0.139. The minimum Gasteiger partial charge on any atom is -0.339 e. The van der Waals surface area contributed by atoms with Crippen LogP contribution >= 0.6 is 0 Å². The van der Waals surface area contributed by atoms with Gasteiger partial charge in [0.1, 0.15) is 0 Å². The van der Waals surface area contributed by atoms with Gasteiger partial charge in [-0.05, 0) is 52.0 Å². The first-order valence-electron chi connectivity index (χ1n) is 9.64. The Morgan fingerprint density at radius 3 is 2.72 bits per heavy atom. The van der Waals surface area contributed by atoms with Crippen LogP contribution in [0.5, 0.6) is 0 Å². The first kappa shape index (κ1) is 16.6. The predicted molar refractivity (Wildman–Crippen MR) is 93.9 cm³/mol. The number of hydrogen-bond donors (Lipinski definition) is 0. The van der Waals surface area contributed by atoms with Crippen molar-refractivity contribution in [1.29, 1.82) is 0 Å². The molecule has 6 heteroatoms. The fourth-order valence-corrected chi connectivity index (χ4v) is 4.41. The third-order valence-corrected chi connectivity index (χ3v) is 5.89. The van der Waals surface area contributed by atoms with E-state index in [4.69, 9.17) is 0 Å². The molecule has 0 radical (unpaired) electrons. The van der Waals surface area contributed by atoms with Crippen LogP contribution in [-0.4, -0.2) is 56.6 Å². The molecule has 4 rings (SSSR count). The Balaban J connectivity index is 1.46. The summed E-state index contributed by atoms with van der Waals surface area (Å²) in [7, 11) is 0. The number of amides is 2. The predicted octanol–water partition coefficient (Wildman–Crippen LogP) is 1.89. The Hall–Kier alpha value is -1.85. The maximum absolute atomic E-state index is 13.1. The Morgan fingerprint density at radius 1 is 1.24 bits per heavy atom. The third-order valence-electron chi connectivity index (χ3n) is 5.89. The van der Waals surface area contributed by atoms with Gasteiger partial charge in [0.2, 0.25) is 11.8 Å². The van der Waals surface area contributed by atoms with E-state index in [0.717, 1.165) is 56.6 Å². The van der Waals surface area contributed by atoms with E-state index in [0.29, 0.717) is 19.0 Å². The van der Waals surface area contributed by atoms with E-state index in [2.05, 4.69) is 18.1 Å². The molecule has 0 N–H and O–H groups in total. The van der Waals surface area contributed by atoms with Crippen molar-refractivity contribution in [2.75, 3.05) is 13.1 Å². The first-order chi connectivity index (χ1) is 12.0. The van der Waals surface area contributed by atoms with Crippen LogP contribution in [0.25, 0.3) is 0 Å². The molecule has 0 spiro atoms. The number of aromatic nitrogens is 2. The smallest absolute Gasteiger partial charge is 0.228 e. The van der Waals surface area contributed by atoms with E-state index in [1.165, 1.54) is 0 Å². The van der Waals surface area contributed by atoms with Crippen LogP contribution in [0.3, 0.4) is 0 Å². The summed E-state index contributed by atoms with van der Waals surface area (Å²) in [6, 6.07) is 2.69. The molecule has 2 saturated heterocycles. The maximum Gasteiger partial charge on any atom is 0.228 e. The van der Waals surface area contributed by atoms with Gasteiger partial charge in [-0.25, -0.2) is 0 Å². The quantitative estimate of drug-likeness (QED) is 0.838. The molecule has 2 amide bonds.